The van der Waals surface area contributed by atoms with Crippen LogP contribution in [0.5, 0.6) is 0 Å². The summed E-state index contributed by atoms with van der Waals surface area (Å²) in [7, 11) is -2.86. The lowest BCUT2D eigenvalue weighted by Gasteiger charge is -2.43. The first-order chi connectivity index (χ1) is 20.1. The van der Waals surface area contributed by atoms with Gasteiger partial charge in [0.15, 0.2) is 0 Å². The summed E-state index contributed by atoms with van der Waals surface area (Å²) in [5, 5.41) is 2.07. The number of ketones is 1. The number of nitrogen functional groups attached to an aromatic ring is 1. The number of carbonyl (C=O) groups excluding carboxylic acids is 1. The average Bonchev–Trinajstić information content (AvgIpc) is 3.35. The van der Waals surface area contributed by atoms with Crippen molar-refractivity contribution >= 4 is 30.3 Å². The van der Waals surface area contributed by atoms with Crippen LogP contribution in [0.4, 0.5) is 5.82 Å². The van der Waals surface area contributed by atoms with E-state index >= 15 is 0 Å². The first-order valence-corrected chi connectivity index (χ1v) is 16.1. The fourth-order valence-electron chi connectivity index (χ4n) is 5.45. The zero-order chi connectivity index (χ0) is 30.3. The molecule has 1 aromatic heterocycles. The molecule has 42 heavy (non-hydrogen) atoms. The van der Waals surface area contributed by atoms with Crippen LogP contribution in [0.1, 0.15) is 52.3 Å². The zero-order valence-corrected chi connectivity index (χ0v) is 25.7. The largest absolute Gasteiger partial charge is 0.405 e. The van der Waals surface area contributed by atoms with Crippen LogP contribution < -0.4 is 27.5 Å². The molecule has 2 aromatic carbocycles. The minimum Gasteiger partial charge on any atom is -0.405 e. The zero-order valence-electron chi connectivity index (χ0n) is 24.7. The summed E-state index contributed by atoms with van der Waals surface area (Å²) in [6, 6.07) is 20.7. The van der Waals surface area contributed by atoms with E-state index in [9.17, 15) is 9.59 Å². The molecule has 2 heterocycles. The Morgan fingerprint density at radius 3 is 2.29 bits per heavy atom. The highest BCUT2D eigenvalue weighted by molar-refractivity contribution is 6.99. The van der Waals surface area contributed by atoms with Crippen molar-refractivity contribution in [3.63, 3.8) is 0 Å². The van der Waals surface area contributed by atoms with Crippen LogP contribution in [-0.2, 0) is 18.7 Å². The molecular weight excluding hydrogens is 548 g/mol. The minimum absolute atomic E-state index is 0.0349. The van der Waals surface area contributed by atoms with E-state index < -0.39 is 32.4 Å². The van der Waals surface area contributed by atoms with Crippen LogP contribution in [0.15, 0.2) is 71.7 Å². The molecule has 1 aliphatic heterocycles. The number of benzene rings is 2. The molecule has 1 aliphatic rings. The Labute approximate surface area is 248 Å². The maximum absolute atomic E-state index is 12.9. The fourth-order valence-corrected chi connectivity index (χ4v) is 10.0. The van der Waals surface area contributed by atoms with Crippen LogP contribution in [0, 0.1) is 11.8 Å². The first kappa shape index (κ1) is 31.3. The van der Waals surface area contributed by atoms with E-state index in [2.05, 4.69) is 61.9 Å². The van der Waals surface area contributed by atoms with Gasteiger partial charge in [0.2, 0.25) is 0 Å². The Kier molecular flexibility index (Phi) is 10.1. The van der Waals surface area contributed by atoms with Crippen LogP contribution in [0.2, 0.25) is 5.04 Å². The molecular formula is C32H40N4O5Si. The summed E-state index contributed by atoms with van der Waals surface area (Å²) in [4.78, 5) is 28.5. The number of carbonyl (C=O) groups is 1. The van der Waals surface area contributed by atoms with E-state index in [4.69, 9.17) is 25.4 Å². The molecule has 0 aliphatic carbocycles. The summed E-state index contributed by atoms with van der Waals surface area (Å²) < 4.78 is 21.2. The van der Waals surface area contributed by atoms with Gasteiger partial charge in [-0.2, -0.15) is 4.98 Å². The third-order valence-corrected chi connectivity index (χ3v) is 12.5. The molecule has 0 radical (unpaired) electrons. The molecule has 1 unspecified atom stereocenters. The first-order valence-electron chi connectivity index (χ1n) is 14.2. The molecule has 9 nitrogen and oxygen atoms in total. The minimum atomic E-state index is -2.86. The number of Topliss-reactive ketones (excluding diaryl/α,β-unsaturated/α-hetero) is 1. The molecule has 1 saturated heterocycles. The predicted molar refractivity (Wildman–Crippen MR) is 166 cm³/mol. The second kappa shape index (κ2) is 13.6. The van der Waals surface area contributed by atoms with Crippen molar-refractivity contribution < 1.29 is 18.7 Å². The molecule has 3 aromatic rings. The summed E-state index contributed by atoms with van der Waals surface area (Å²) in [5.74, 6) is 5.69. The summed E-state index contributed by atoms with van der Waals surface area (Å²) in [6.07, 6.45) is 0.588. The average molecular weight is 589 g/mol. The van der Waals surface area contributed by atoms with E-state index in [1.165, 1.54) is 11.5 Å². The highest BCUT2D eigenvalue weighted by Crippen LogP contribution is 2.38. The number of nitrogens with two attached hydrogens (primary N) is 2. The van der Waals surface area contributed by atoms with Crippen molar-refractivity contribution in [2.75, 3.05) is 25.5 Å². The number of ether oxygens (including phenoxy) is 2. The number of anilines is 1. The van der Waals surface area contributed by atoms with Gasteiger partial charge in [0.25, 0.3) is 8.32 Å². The Bertz CT molecular complexity index is 1440. The summed E-state index contributed by atoms with van der Waals surface area (Å²) in [6.45, 7) is 8.78. The van der Waals surface area contributed by atoms with Gasteiger partial charge in [-0.05, 0) is 22.3 Å². The van der Waals surface area contributed by atoms with Gasteiger partial charge in [0.05, 0.1) is 31.4 Å². The van der Waals surface area contributed by atoms with Crippen LogP contribution in [-0.4, -0.2) is 55.6 Å². The Balaban J connectivity index is 1.70. The normalized spacial score (nSPS) is 18.8. The summed E-state index contributed by atoms with van der Waals surface area (Å²) >= 11 is 0. The van der Waals surface area contributed by atoms with Crippen LogP contribution >= 0.6 is 0 Å². The van der Waals surface area contributed by atoms with Crippen molar-refractivity contribution in [1.82, 2.24) is 9.55 Å². The van der Waals surface area contributed by atoms with E-state index in [1.54, 1.807) is 6.20 Å². The molecule has 222 valence electrons. The lowest BCUT2D eigenvalue weighted by Crippen LogP contribution is -2.67. The lowest BCUT2D eigenvalue weighted by molar-refractivity contribution is -0.119. The Morgan fingerprint density at radius 1 is 1.12 bits per heavy atom. The SMILES string of the molecule is CC(=O)CCOC1C[C@H](n2cc(C#CCN)c(N)nc2=O)O[C@@H]1CO[Si](c1ccccc1)(c1ccccc1)C(C)(C)C. The van der Waals surface area contributed by atoms with Gasteiger partial charge in [0, 0.05) is 19.0 Å². The van der Waals surface area contributed by atoms with Gasteiger partial charge in [-0.25, -0.2) is 4.79 Å². The molecule has 0 saturated carbocycles. The van der Waals surface area contributed by atoms with Crippen LogP contribution in [0.3, 0.4) is 0 Å². The standard InChI is InChI=1S/C32H40N4O5Si/c1-23(37)17-19-39-27-20-29(36-21-24(12-11-18-33)30(34)35-31(36)38)41-28(27)22-40-42(32(2,3)4,25-13-7-5-8-14-25)26-15-9-6-10-16-26/h5-10,13-16,21,27-29H,17-20,22,33H2,1-4H3,(H2,34,35,38)/t27?,28-,29-/m1/s1. The molecule has 4 rings (SSSR count). The molecule has 4 N–H and O–H groups in total. The lowest BCUT2D eigenvalue weighted by atomic mass is 10.2. The van der Waals surface area contributed by atoms with Crippen molar-refractivity contribution in [2.24, 2.45) is 5.73 Å². The van der Waals surface area contributed by atoms with E-state index in [-0.39, 0.29) is 42.8 Å². The van der Waals surface area contributed by atoms with E-state index in [0.717, 1.165) is 10.4 Å². The van der Waals surface area contributed by atoms with Crippen LogP contribution in [0.25, 0.3) is 0 Å². The number of hydrogen-bond donors (Lipinski definition) is 2. The molecule has 10 heteroatoms. The highest BCUT2D eigenvalue weighted by Gasteiger charge is 2.51. The fraction of sp³-hybridized carbons (Fsp3) is 0.406. The van der Waals surface area contributed by atoms with Crippen molar-refractivity contribution in [2.45, 2.75) is 64.0 Å². The number of nitrogens with zero attached hydrogens (tertiary/aromatic N) is 2. The quantitative estimate of drug-likeness (QED) is 0.273. The summed E-state index contributed by atoms with van der Waals surface area (Å²) in [5.41, 5.74) is 11.3. The van der Waals surface area contributed by atoms with Gasteiger partial charge in [-0.3, -0.25) is 9.36 Å². The van der Waals surface area contributed by atoms with E-state index in [0.29, 0.717) is 12.0 Å². The van der Waals surface area contributed by atoms with Gasteiger partial charge in [-0.15, -0.1) is 0 Å². The second-order valence-electron chi connectivity index (χ2n) is 11.4. The molecule has 3 atom stereocenters. The van der Waals surface area contributed by atoms with Crippen molar-refractivity contribution in [3.8, 4) is 11.8 Å². The van der Waals surface area contributed by atoms with E-state index in [1.807, 2.05) is 36.4 Å². The monoisotopic (exact) mass is 588 g/mol. The predicted octanol–water partition coefficient (Wildman–Crippen LogP) is 2.36. The van der Waals surface area contributed by atoms with Crippen molar-refractivity contribution in [1.29, 1.82) is 0 Å². The third kappa shape index (κ3) is 6.89. The van der Waals surface area contributed by atoms with Gasteiger partial charge in [0.1, 0.15) is 23.9 Å². The number of aromatic nitrogens is 2. The van der Waals surface area contributed by atoms with Gasteiger partial charge >= 0.3 is 5.69 Å². The molecule has 0 amide bonds. The topological polar surface area (TPSA) is 132 Å². The van der Waals surface area contributed by atoms with Crippen molar-refractivity contribution in [3.05, 3.63) is 82.9 Å². The Morgan fingerprint density at radius 2 is 1.74 bits per heavy atom. The number of rotatable bonds is 10. The maximum Gasteiger partial charge on any atom is 0.351 e. The Hall–Kier alpha value is -3.59. The highest BCUT2D eigenvalue weighted by atomic mass is 28.4. The molecule has 0 bridgehead atoms. The second-order valence-corrected chi connectivity index (χ2v) is 15.7. The van der Waals surface area contributed by atoms with Gasteiger partial charge in [-0.1, -0.05) is 93.3 Å². The molecule has 0 spiro atoms. The molecule has 1 fully saturated rings. The maximum atomic E-state index is 12.9. The van der Waals surface area contributed by atoms with Gasteiger partial charge < -0.3 is 25.4 Å². The number of hydrogen-bond acceptors (Lipinski definition) is 8. The smallest absolute Gasteiger partial charge is 0.351 e. The third-order valence-electron chi connectivity index (χ3n) is 7.46.